The predicted octanol–water partition coefficient (Wildman–Crippen LogP) is 3.41. The second kappa shape index (κ2) is 8.61. The Morgan fingerprint density at radius 1 is 1.11 bits per heavy atom. The van der Waals surface area contributed by atoms with Crippen LogP contribution in [0.3, 0.4) is 0 Å². The molecular formula is C20H29FN6. The first-order valence-corrected chi connectivity index (χ1v) is 9.72. The van der Waals surface area contributed by atoms with Crippen LogP contribution < -0.4 is 10.2 Å². The molecule has 1 aliphatic rings. The number of hydrogen-bond acceptors (Lipinski definition) is 6. The van der Waals surface area contributed by atoms with Gasteiger partial charge in [-0.25, -0.2) is 9.37 Å². The number of anilines is 3. The molecule has 0 saturated carbocycles. The number of aromatic nitrogens is 3. The molecule has 6 nitrogen and oxygen atoms in total. The second-order valence-corrected chi connectivity index (χ2v) is 7.21. The average molecular weight is 372 g/mol. The van der Waals surface area contributed by atoms with Crippen molar-refractivity contribution in [1.82, 2.24) is 20.1 Å². The van der Waals surface area contributed by atoms with E-state index in [4.69, 9.17) is 0 Å². The maximum Gasteiger partial charge on any atom is 0.247 e. The third kappa shape index (κ3) is 4.53. The molecule has 1 saturated heterocycles. The average Bonchev–Trinajstić information content (AvgIpc) is 2.68. The monoisotopic (exact) mass is 372 g/mol. The predicted molar refractivity (Wildman–Crippen MR) is 107 cm³/mol. The van der Waals surface area contributed by atoms with Crippen molar-refractivity contribution < 1.29 is 4.39 Å². The molecule has 0 unspecified atom stereocenters. The van der Waals surface area contributed by atoms with Crippen molar-refractivity contribution in [3.8, 4) is 0 Å². The minimum Gasteiger partial charge on any atom is -0.369 e. The van der Waals surface area contributed by atoms with Gasteiger partial charge in [-0.1, -0.05) is 13.8 Å². The molecule has 3 rings (SSSR count). The number of aryl methyl sites for hydroxylation is 2. The summed E-state index contributed by atoms with van der Waals surface area (Å²) < 4.78 is 14.7. The molecule has 1 aromatic carbocycles. The van der Waals surface area contributed by atoms with Crippen LogP contribution in [0.25, 0.3) is 0 Å². The maximum absolute atomic E-state index is 14.7. The van der Waals surface area contributed by atoms with Gasteiger partial charge in [0.15, 0.2) is 0 Å². The molecule has 1 N–H and O–H groups in total. The van der Waals surface area contributed by atoms with E-state index in [0.29, 0.717) is 23.4 Å². The van der Waals surface area contributed by atoms with E-state index < -0.39 is 0 Å². The third-order valence-electron chi connectivity index (χ3n) is 5.25. The lowest BCUT2D eigenvalue weighted by atomic mass is 10.0. The van der Waals surface area contributed by atoms with E-state index >= 15 is 0 Å². The van der Waals surface area contributed by atoms with Crippen LogP contribution in [0.15, 0.2) is 18.2 Å². The van der Waals surface area contributed by atoms with E-state index in [1.807, 2.05) is 26.0 Å². The first-order valence-electron chi connectivity index (χ1n) is 9.72. The summed E-state index contributed by atoms with van der Waals surface area (Å²) in [7, 11) is 4.21. The minimum absolute atomic E-state index is 0.225. The van der Waals surface area contributed by atoms with Gasteiger partial charge >= 0.3 is 0 Å². The van der Waals surface area contributed by atoms with E-state index in [9.17, 15) is 4.39 Å². The second-order valence-electron chi connectivity index (χ2n) is 7.21. The molecule has 146 valence electrons. The number of nitrogens with zero attached hydrogens (tertiary/aromatic N) is 5. The molecule has 1 aromatic heterocycles. The number of nitrogens with one attached hydrogen (secondary N) is 1. The highest BCUT2D eigenvalue weighted by Crippen LogP contribution is 2.27. The van der Waals surface area contributed by atoms with Crippen LogP contribution in [0.4, 0.5) is 21.7 Å². The Labute approximate surface area is 160 Å². The zero-order valence-corrected chi connectivity index (χ0v) is 16.7. The van der Waals surface area contributed by atoms with Crippen molar-refractivity contribution in [2.45, 2.75) is 45.6 Å². The zero-order chi connectivity index (χ0) is 19.4. The largest absolute Gasteiger partial charge is 0.369 e. The first-order chi connectivity index (χ1) is 13.0. The van der Waals surface area contributed by atoms with Gasteiger partial charge in [-0.05, 0) is 58.0 Å². The molecule has 0 spiro atoms. The fourth-order valence-electron chi connectivity index (χ4n) is 3.58. The van der Waals surface area contributed by atoms with Crippen molar-refractivity contribution in [2.75, 3.05) is 37.4 Å². The van der Waals surface area contributed by atoms with Crippen LogP contribution in [0, 0.1) is 5.82 Å². The first kappa shape index (κ1) is 19.5. The van der Waals surface area contributed by atoms with Gasteiger partial charge in [-0.15, -0.1) is 10.2 Å². The molecular weight excluding hydrogens is 343 g/mol. The minimum atomic E-state index is -0.225. The third-order valence-corrected chi connectivity index (χ3v) is 5.25. The van der Waals surface area contributed by atoms with E-state index in [1.165, 1.54) is 6.07 Å². The van der Waals surface area contributed by atoms with Gasteiger partial charge in [0.2, 0.25) is 5.95 Å². The molecule has 0 radical (unpaired) electrons. The Bertz CT molecular complexity index is 771. The lowest BCUT2D eigenvalue weighted by Gasteiger charge is -2.36. The fraction of sp³-hybridized carbons (Fsp3) is 0.550. The Kier molecular flexibility index (Phi) is 6.21. The van der Waals surface area contributed by atoms with Crippen LogP contribution in [0.5, 0.6) is 0 Å². The molecule has 0 amide bonds. The van der Waals surface area contributed by atoms with Crippen LogP contribution in [0.2, 0.25) is 0 Å². The van der Waals surface area contributed by atoms with Gasteiger partial charge in [-0.3, -0.25) is 0 Å². The van der Waals surface area contributed by atoms with Crippen molar-refractivity contribution in [1.29, 1.82) is 0 Å². The molecule has 1 fully saturated rings. The van der Waals surface area contributed by atoms with Crippen molar-refractivity contribution >= 4 is 17.3 Å². The number of hydrogen-bond donors (Lipinski definition) is 1. The van der Waals surface area contributed by atoms with Gasteiger partial charge in [0.05, 0.1) is 17.1 Å². The molecule has 0 aliphatic carbocycles. The molecule has 7 heteroatoms. The number of halogens is 1. The Morgan fingerprint density at radius 3 is 2.41 bits per heavy atom. The van der Waals surface area contributed by atoms with Gasteiger partial charge in [-0.2, -0.15) is 0 Å². The summed E-state index contributed by atoms with van der Waals surface area (Å²) in [6.45, 7) is 5.82. The van der Waals surface area contributed by atoms with E-state index in [1.54, 1.807) is 0 Å². The summed E-state index contributed by atoms with van der Waals surface area (Å²) in [6, 6.07) is 5.80. The SMILES string of the molecule is CCc1nnc(Nc2ccc(N3CCC(N(C)C)CC3)c(F)c2)nc1CC. The Hall–Kier alpha value is -2.28. The quantitative estimate of drug-likeness (QED) is 0.839. The fourth-order valence-corrected chi connectivity index (χ4v) is 3.58. The van der Waals surface area contributed by atoms with E-state index in [2.05, 4.69) is 44.4 Å². The highest BCUT2D eigenvalue weighted by Gasteiger charge is 2.22. The maximum atomic E-state index is 14.7. The topological polar surface area (TPSA) is 57.2 Å². The standard InChI is InChI=1S/C20H29FN6/c1-5-17-18(6-2)24-25-20(23-17)22-14-7-8-19(16(21)13-14)27-11-9-15(10-12-27)26(3)4/h7-8,13,15H,5-6,9-12H2,1-4H3,(H,22,23,25). The van der Waals surface area contributed by atoms with Crippen molar-refractivity contribution in [3.05, 3.63) is 35.4 Å². The van der Waals surface area contributed by atoms with Crippen molar-refractivity contribution in [3.63, 3.8) is 0 Å². The highest BCUT2D eigenvalue weighted by molar-refractivity contribution is 5.60. The van der Waals surface area contributed by atoms with Crippen LogP contribution in [-0.2, 0) is 12.8 Å². The van der Waals surface area contributed by atoms with Gasteiger partial charge in [0.25, 0.3) is 0 Å². The smallest absolute Gasteiger partial charge is 0.247 e. The summed E-state index contributed by atoms with van der Waals surface area (Å²) in [5.74, 6) is 0.181. The van der Waals surface area contributed by atoms with E-state index in [-0.39, 0.29) is 5.82 Å². The normalized spacial score (nSPS) is 15.4. The van der Waals surface area contributed by atoms with Crippen LogP contribution in [0.1, 0.15) is 38.1 Å². The van der Waals surface area contributed by atoms with Gasteiger partial charge in [0.1, 0.15) is 5.82 Å². The summed E-state index contributed by atoms with van der Waals surface area (Å²) in [5.41, 5.74) is 3.13. The van der Waals surface area contributed by atoms with Crippen molar-refractivity contribution in [2.24, 2.45) is 0 Å². The number of piperidine rings is 1. The molecule has 27 heavy (non-hydrogen) atoms. The van der Waals surface area contributed by atoms with Crippen LogP contribution >= 0.6 is 0 Å². The summed E-state index contributed by atoms with van der Waals surface area (Å²) in [5, 5.41) is 11.4. The summed E-state index contributed by atoms with van der Waals surface area (Å²) in [4.78, 5) is 8.88. The summed E-state index contributed by atoms with van der Waals surface area (Å²) >= 11 is 0. The Balaban J connectivity index is 1.70. The number of benzene rings is 1. The molecule has 0 atom stereocenters. The number of rotatable bonds is 6. The highest BCUT2D eigenvalue weighted by atomic mass is 19.1. The zero-order valence-electron chi connectivity index (χ0n) is 16.7. The molecule has 2 heterocycles. The molecule has 1 aliphatic heterocycles. The molecule has 0 bridgehead atoms. The lowest BCUT2D eigenvalue weighted by Crippen LogP contribution is -2.42. The molecule has 2 aromatic rings. The lowest BCUT2D eigenvalue weighted by molar-refractivity contribution is 0.249. The van der Waals surface area contributed by atoms with Crippen LogP contribution in [-0.4, -0.2) is 53.3 Å². The van der Waals surface area contributed by atoms with Gasteiger partial charge < -0.3 is 15.1 Å². The van der Waals surface area contributed by atoms with Gasteiger partial charge in [0, 0.05) is 24.8 Å². The van der Waals surface area contributed by atoms with E-state index in [0.717, 1.165) is 50.2 Å². The Morgan fingerprint density at radius 2 is 1.81 bits per heavy atom. The summed E-state index contributed by atoms with van der Waals surface area (Å²) in [6.07, 6.45) is 3.70.